The summed E-state index contributed by atoms with van der Waals surface area (Å²) in [4.78, 5) is 2.21. The average molecular weight is 262 g/mol. The van der Waals surface area contributed by atoms with Crippen LogP contribution in [-0.2, 0) is 6.42 Å². The molecule has 0 radical (unpaired) electrons. The maximum Gasteiger partial charge on any atom is 0.150 e. The Balaban J connectivity index is 1.82. The Bertz CT molecular complexity index is 368. The van der Waals surface area contributed by atoms with Gasteiger partial charge in [-0.1, -0.05) is 13.8 Å². The van der Waals surface area contributed by atoms with E-state index in [0.717, 1.165) is 30.4 Å². The van der Waals surface area contributed by atoms with E-state index in [0.29, 0.717) is 5.92 Å². The molecule has 106 valence electrons. The third kappa shape index (κ3) is 4.46. The Morgan fingerprint density at radius 2 is 2.21 bits per heavy atom. The lowest BCUT2D eigenvalue weighted by atomic mass is 10.1. The van der Waals surface area contributed by atoms with Crippen molar-refractivity contribution in [2.75, 3.05) is 31.6 Å². The van der Waals surface area contributed by atoms with Crippen molar-refractivity contribution in [3.8, 4) is 0 Å². The predicted octanol–water partition coefficient (Wildman–Crippen LogP) is 2.11. The molecular weight excluding hydrogens is 236 g/mol. The van der Waals surface area contributed by atoms with Crippen LogP contribution in [0.3, 0.4) is 0 Å². The maximum absolute atomic E-state index is 4.34. The van der Waals surface area contributed by atoms with E-state index in [1.54, 1.807) is 0 Å². The molecule has 1 aromatic rings. The van der Waals surface area contributed by atoms with E-state index in [-0.39, 0.29) is 0 Å². The van der Waals surface area contributed by atoms with E-state index in [9.17, 15) is 0 Å². The van der Waals surface area contributed by atoms with Gasteiger partial charge in [-0.2, -0.15) is 5.10 Å². The van der Waals surface area contributed by atoms with E-state index in [1.807, 2.05) is 0 Å². The number of hydrogen-bond acceptors (Lipinski definition) is 4. The summed E-state index contributed by atoms with van der Waals surface area (Å²) in [5.74, 6) is 2.45. The summed E-state index contributed by atoms with van der Waals surface area (Å²) in [6.45, 7) is 7.82. The topological polar surface area (TPSA) is 41.0 Å². The van der Waals surface area contributed by atoms with Crippen LogP contribution in [0.25, 0.3) is 0 Å². The van der Waals surface area contributed by atoms with Gasteiger partial charge in [0.05, 0.1) is 5.69 Å². The lowest BCUT2D eigenvalue weighted by Gasteiger charge is -2.19. The third-order valence-corrected chi connectivity index (χ3v) is 3.75. The van der Waals surface area contributed by atoms with Crippen LogP contribution < -0.4 is 10.2 Å². The van der Waals surface area contributed by atoms with E-state index in [4.69, 9.17) is 0 Å². The number of nitrogens with zero attached hydrogens (tertiary/aromatic N) is 3. The molecule has 0 aliphatic carbocycles. The van der Waals surface area contributed by atoms with Crippen LogP contribution in [0.1, 0.15) is 32.4 Å². The largest absolute Gasteiger partial charge is 0.358 e. The first-order chi connectivity index (χ1) is 9.15. The molecule has 4 heteroatoms. The average Bonchev–Trinajstić information content (AvgIpc) is 2.89. The van der Waals surface area contributed by atoms with Crippen LogP contribution >= 0.6 is 0 Å². The summed E-state index contributed by atoms with van der Waals surface area (Å²) < 4.78 is 0. The molecule has 0 bridgehead atoms. The molecule has 0 amide bonds. The molecule has 2 heterocycles. The highest BCUT2D eigenvalue weighted by atomic mass is 15.2. The maximum atomic E-state index is 4.34. The van der Waals surface area contributed by atoms with Gasteiger partial charge < -0.3 is 10.2 Å². The first-order valence-corrected chi connectivity index (χ1v) is 7.39. The third-order valence-electron chi connectivity index (χ3n) is 3.75. The van der Waals surface area contributed by atoms with Crippen molar-refractivity contribution >= 4 is 5.82 Å². The van der Waals surface area contributed by atoms with Gasteiger partial charge in [0.25, 0.3) is 0 Å². The lowest BCUT2D eigenvalue weighted by Crippen LogP contribution is -2.23. The number of aromatic nitrogens is 2. The van der Waals surface area contributed by atoms with E-state index in [2.05, 4.69) is 53.4 Å². The fraction of sp³-hybridized carbons (Fsp3) is 0.733. The van der Waals surface area contributed by atoms with Crippen LogP contribution in [0.4, 0.5) is 5.82 Å². The highest BCUT2D eigenvalue weighted by Crippen LogP contribution is 2.15. The molecule has 1 aliphatic rings. The molecule has 1 atom stereocenters. The first kappa shape index (κ1) is 14.3. The van der Waals surface area contributed by atoms with Crippen LogP contribution in [-0.4, -0.2) is 36.9 Å². The van der Waals surface area contributed by atoms with Gasteiger partial charge in [0.2, 0.25) is 0 Å². The van der Waals surface area contributed by atoms with Gasteiger partial charge in [-0.25, -0.2) is 0 Å². The van der Waals surface area contributed by atoms with Gasteiger partial charge in [0.1, 0.15) is 0 Å². The zero-order valence-electron chi connectivity index (χ0n) is 12.4. The molecule has 0 aromatic carbocycles. The minimum Gasteiger partial charge on any atom is -0.358 e. The van der Waals surface area contributed by atoms with Crippen LogP contribution in [0.2, 0.25) is 0 Å². The van der Waals surface area contributed by atoms with Crippen LogP contribution in [0.15, 0.2) is 12.1 Å². The van der Waals surface area contributed by atoms with E-state index in [1.165, 1.54) is 25.9 Å². The van der Waals surface area contributed by atoms with Crippen molar-refractivity contribution in [1.82, 2.24) is 15.5 Å². The van der Waals surface area contributed by atoms with Gasteiger partial charge in [0.15, 0.2) is 5.82 Å². The van der Waals surface area contributed by atoms with Gasteiger partial charge in [-0.05, 0) is 56.3 Å². The number of rotatable bonds is 6. The molecule has 1 unspecified atom stereocenters. The second kappa shape index (κ2) is 6.85. The second-order valence-electron chi connectivity index (χ2n) is 6.05. The number of anilines is 1. The summed E-state index contributed by atoms with van der Waals surface area (Å²) >= 11 is 0. The minimum atomic E-state index is 0.632. The fourth-order valence-electron chi connectivity index (χ4n) is 2.54. The van der Waals surface area contributed by atoms with Crippen molar-refractivity contribution in [3.63, 3.8) is 0 Å². The van der Waals surface area contributed by atoms with Crippen LogP contribution in [0.5, 0.6) is 0 Å². The molecule has 1 aliphatic heterocycles. The van der Waals surface area contributed by atoms with E-state index < -0.39 is 0 Å². The van der Waals surface area contributed by atoms with Gasteiger partial charge >= 0.3 is 0 Å². The zero-order valence-corrected chi connectivity index (χ0v) is 12.4. The zero-order chi connectivity index (χ0) is 13.7. The van der Waals surface area contributed by atoms with Crippen molar-refractivity contribution in [1.29, 1.82) is 0 Å². The standard InChI is InChI=1S/C15H26N4/c1-12(2)10-14-4-5-15(18-17-14)19(3)9-7-13-6-8-16-11-13/h4-5,12-13,16H,6-11H2,1-3H3. The molecule has 1 saturated heterocycles. The van der Waals surface area contributed by atoms with Crippen molar-refractivity contribution in [2.45, 2.75) is 33.1 Å². The smallest absolute Gasteiger partial charge is 0.150 e. The summed E-state index contributed by atoms with van der Waals surface area (Å²) in [5, 5.41) is 12.1. The lowest BCUT2D eigenvalue weighted by molar-refractivity contribution is 0.532. The molecule has 0 saturated carbocycles. The van der Waals surface area contributed by atoms with Crippen molar-refractivity contribution in [3.05, 3.63) is 17.8 Å². The van der Waals surface area contributed by atoms with Gasteiger partial charge in [-0.15, -0.1) is 5.10 Å². The molecule has 4 nitrogen and oxygen atoms in total. The van der Waals surface area contributed by atoms with Crippen LogP contribution in [0, 0.1) is 11.8 Å². The summed E-state index contributed by atoms with van der Waals surface area (Å²) in [6.07, 6.45) is 3.55. The molecule has 0 spiro atoms. The molecule has 1 fully saturated rings. The Labute approximate surface area is 116 Å². The Hall–Kier alpha value is -1.16. The van der Waals surface area contributed by atoms with Gasteiger partial charge in [0, 0.05) is 13.6 Å². The second-order valence-corrected chi connectivity index (χ2v) is 6.05. The molecule has 19 heavy (non-hydrogen) atoms. The molecular formula is C15H26N4. The number of nitrogens with one attached hydrogen (secondary N) is 1. The predicted molar refractivity (Wildman–Crippen MR) is 79.4 cm³/mol. The molecule has 1 aromatic heterocycles. The quantitative estimate of drug-likeness (QED) is 0.852. The fourth-order valence-corrected chi connectivity index (χ4v) is 2.54. The monoisotopic (exact) mass is 262 g/mol. The number of hydrogen-bond donors (Lipinski definition) is 1. The van der Waals surface area contributed by atoms with Crippen molar-refractivity contribution in [2.24, 2.45) is 11.8 Å². The highest BCUT2D eigenvalue weighted by molar-refractivity contribution is 5.35. The SMILES string of the molecule is CC(C)Cc1ccc(N(C)CCC2CCNC2)nn1. The Morgan fingerprint density at radius 1 is 1.37 bits per heavy atom. The summed E-state index contributed by atoms with van der Waals surface area (Å²) in [5.41, 5.74) is 1.09. The summed E-state index contributed by atoms with van der Waals surface area (Å²) in [6, 6.07) is 4.20. The molecule has 2 rings (SSSR count). The highest BCUT2D eigenvalue weighted by Gasteiger charge is 2.15. The summed E-state index contributed by atoms with van der Waals surface area (Å²) in [7, 11) is 2.11. The van der Waals surface area contributed by atoms with Gasteiger partial charge in [-0.3, -0.25) is 0 Å². The first-order valence-electron chi connectivity index (χ1n) is 7.39. The van der Waals surface area contributed by atoms with Crippen molar-refractivity contribution < 1.29 is 0 Å². The van der Waals surface area contributed by atoms with E-state index >= 15 is 0 Å². The molecule has 1 N–H and O–H groups in total. The Morgan fingerprint density at radius 3 is 2.79 bits per heavy atom. The Kier molecular flexibility index (Phi) is 5.14. The minimum absolute atomic E-state index is 0.632. The normalized spacial score (nSPS) is 19.1.